The average molecular weight is 457 g/mol. The highest BCUT2D eigenvalue weighted by Gasteiger charge is 2.13. The quantitative estimate of drug-likeness (QED) is 0.365. The average Bonchev–Trinajstić information content (AvgIpc) is 3.21. The molecule has 0 saturated heterocycles. The molecule has 2 N–H and O–H groups in total. The van der Waals surface area contributed by atoms with Crippen molar-refractivity contribution in [2.45, 2.75) is 29.7 Å². The fourth-order valence-electron chi connectivity index (χ4n) is 2.92. The third-order valence-corrected chi connectivity index (χ3v) is 5.67. The molecule has 7 nitrogen and oxygen atoms in total. The van der Waals surface area contributed by atoms with Crippen molar-refractivity contribution in [3.05, 3.63) is 71.4 Å². The number of carbonyl (C=O) groups excluding carboxylic acids is 1. The molecule has 0 radical (unpaired) electrons. The lowest BCUT2D eigenvalue weighted by atomic mass is 10.2. The highest BCUT2D eigenvalue weighted by atomic mass is 35.5. The number of halogens is 2. The Labute approximate surface area is 187 Å². The Kier molecular flexibility index (Phi) is 6.34. The van der Waals surface area contributed by atoms with Gasteiger partial charge in [-0.2, -0.15) is 14.6 Å². The molecule has 0 bridgehead atoms. The maximum Gasteiger partial charge on any atom is 0.323 e. The van der Waals surface area contributed by atoms with Gasteiger partial charge in [0.1, 0.15) is 17.2 Å². The lowest BCUT2D eigenvalue weighted by Crippen LogP contribution is -2.19. The third-order valence-electron chi connectivity index (χ3n) is 4.31. The summed E-state index contributed by atoms with van der Waals surface area (Å²) in [4.78, 5) is 22.0. The predicted octanol–water partition coefficient (Wildman–Crippen LogP) is 5.66. The van der Waals surface area contributed by atoms with Crippen molar-refractivity contribution in [2.75, 3.05) is 10.6 Å². The van der Waals surface area contributed by atoms with Gasteiger partial charge in [-0.15, -0.1) is 0 Å². The van der Waals surface area contributed by atoms with Crippen molar-refractivity contribution in [1.82, 2.24) is 19.6 Å². The van der Waals surface area contributed by atoms with Gasteiger partial charge in [0.2, 0.25) is 0 Å². The van der Waals surface area contributed by atoms with Gasteiger partial charge in [-0.25, -0.2) is 14.2 Å². The minimum absolute atomic E-state index is 0.0637. The fraction of sp³-hybridized carbons (Fsp3) is 0.143. The standard InChI is InChI=1S/C21H18ClFN6OS/c1-2-5-13-11-19(29-20(26-13)24-12-25-29)31-18-7-4-3-6-17(18)28-21(30)27-14-8-9-16(23)15(22)10-14/h3-4,6-12H,2,5H2,1H3,(H2,27,28,30). The highest BCUT2D eigenvalue weighted by molar-refractivity contribution is 7.99. The Morgan fingerprint density at radius 1 is 1.19 bits per heavy atom. The second kappa shape index (κ2) is 9.32. The number of hydrogen-bond donors (Lipinski definition) is 2. The van der Waals surface area contributed by atoms with Gasteiger partial charge in [-0.05, 0) is 42.8 Å². The van der Waals surface area contributed by atoms with E-state index in [0.717, 1.165) is 28.5 Å². The Bertz CT molecular complexity index is 1250. The molecular formula is C21H18ClFN6OS. The Balaban J connectivity index is 1.56. The van der Waals surface area contributed by atoms with Crippen molar-refractivity contribution < 1.29 is 9.18 Å². The zero-order valence-corrected chi connectivity index (χ0v) is 18.0. The zero-order valence-electron chi connectivity index (χ0n) is 16.5. The molecule has 0 aliphatic rings. The number of anilines is 2. The molecule has 0 atom stereocenters. The number of benzene rings is 2. The summed E-state index contributed by atoms with van der Waals surface area (Å²) in [5, 5.41) is 10.5. The molecule has 0 unspecified atom stereocenters. The molecule has 31 heavy (non-hydrogen) atoms. The molecule has 2 heterocycles. The number of aryl methyl sites for hydroxylation is 1. The molecule has 2 aromatic heterocycles. The summed E-state index contributed by atoms with van der Waals surface area (Å²) in [5.41, 5.74) is 1.93. The van der Waals surface area contributed by atoms with Gasteiger partial charge in [0, 0.05) is 16.3 Å². The van der Waals surface area contributed by atoms with Crippen LogP contribution < -0.4 is 10.6 Å². The van der Waals surface area contributed by atoms with Gasteiger partial charge >= 0.3 is 6.03 Å². The minimum Gasteiger partial charge on any atom is -0.308 e. The first-order chi connectivity index (χ1) is 15.0. The van der Waals surface area contributed by atoms with Crippen LogP contribution in [0.1, 0.15) is 19.0 Å². The number of urea groups is 1. The number of carbonyl (C=O) groups is 1. The Morgan fingerprint density at radius 3 is 2.84 bits per heavy atom. The topological polar surface area (TPSA) is 84.2 Å². The molecule has 0 saturated carbocycles. The first-order valence-electron chi connectivity index (χ1n) is 9.53. The van der Waals surface area contributed by atoms with E-state index >= 15 is 0 Å². The predicted molar refractivity (Wildman–Crippen MR) is 119 cm³/mol. The molecule has 4 rings (SSSR count). The molecule has 158 valence electrons. The van der Waals surface area contributed by atoms with Crippen LogP contribution >= 0.6 is 23.4 Å². The molecule has 0 fully saturated rings. The summed E-state index contributed by atoms with van der Waals surface area (Å²) in [6, 6.07) is 12.9. The second-order valence-electron chi connectivity index (χ2n) is 6.61. The Morgan fingerprint density at radius 2 is 2.03 bits per heavy atom. The van der Waals surface area contributed by atoms with Crippen LogP contribution in [0.15, 0.2) is 64.8 Å². The van der Waals surface area contributed by atoms with Crippen LogP contribution in [0.5, 0.6) is 0 Å². The maximum absolute atomic E-state index is 13.3. The van der Waals surface area contributed by atoms with Crippen LogP contribution in [0, 0.1) is 5.82 Å². The van der Waals surface area contributed by atoms with Crippen LogP contribution in [0.25, 0.3) is 5.78 Å². The van der Waals surface area contributed by atoms with Crippen molar-refractivity contribution in [3.63, 3.8) is 0 Å². The molecule has 2 amide bonds. The number of nitrogens with zero attached hydrogens (tertiary/aromatic N) is 4. The fourth-order valence-corrected chi connectivity index (χ4v) is 4.11. The summed E-state index contributed by atoms with van der Waals surface area (Å²) in [6.07, 6.45) is 3.26. The van der Waals surface area contributed by atoms with E-state index in [4.69, 9.17) is 11.6 Å². The maximum atomic E-state index is 13.3. The van der Waals surface area contributed by atoms with Crippen LogP contribution in [0.4, 0.5) is 20.6 Å². The number of aromatic nitrogens is 4. The van der Waals surface area contributed by atoms with Crippen molar-refractivity contribution >= 4 is 46.5 Å². The van der Waals surface area contributed by atoms with E-state index in [-0.39, 0.29) is 5.02 Å². The first-order valence-corrected chi connectivity index (χ1v) is 10.7. The number of para-hydroxylation sites is 1. The van der Waals surface area contributed by atoms with E-state index in [2.05, 4.69) is 32.6 Å². The van der Waals surface area contributed by atoms with E-state index < -0.39 is 11.8 Å². The van der Waals surface area contributed by atoms with Crippen LogP contribution in [0.3, 0.4) is 0 Å². The Hall–Kier alpha value is -3.17. The smallest absolute Gasteiger partial charge is 0.308 e. The number of hydrogen-bond acceptors (Lipinski definition) is 5. The number of nitrogens with one attached hydrogen (secondary N) is 2. The van der Waals surface area contributed by atoms with Crippen molar-refractivity contribution in [1.29, 1.82) is 0 Å². The summed E-state index contributed by atoms with van der Waals surface area (Å²) < 4.78 is 15.0. The summed E-state index contributed by atoms with van der Waals surface area (Å²) in [6.45, 7) is 2.09. The van der Waals surface area contributed by atoms with Crippen LogP contribution in [0.2, 0.25) is 5.02 Å². The monoisotopic (exact) mass is 456 g/mol. The molecule has 4 aromatic rings. The SMILES string of the molecule is CCCc1cc(Sc2ccccc2NC(=O)Nc2ccc(F)c(Cl)c2)n2ncnc2n1. The molecule has 10 heteroatoms. The van der Waals surface area contributed by atoms with Crippen molar-refractivity contribution in [3.8, 4) is 0 Å². The number of rotatable bonds is 6. The lowest BCUT2D eigenvalue weighted by Gasteiger charge is -2.13. The van der Waals surface area contributed by atoms with Gasteiger partial charge in [0.15, 0.2) is 0 Å². The van der Waals surface area contributed by atoms with Gasteiger partial charge in [-0.3, -0.25) is 0 Å². The van der Waals surface area contributed by atoms with Gasteiger partial charge < -0.3 is 10.6 Å². The molecule has 0 spiro atoms. The lowest BCUT2D eigenvalue weighted by molar-refractivity contribution is 0.262. The van der Waals surface area contributed by atoms with Crippen molar-refractivity contribution in [2.24, 2.45) is 0 Å². The molecular weight excluding hydrogens is 439 g/mol. The van der Waals surface area contributed by atoms with E-state index in [1.54, 1.807) is 10.6 Å². The number of fused-ring (bicyclic) bond motifs is 1. The second-order valence-corrected chi connectivity index (χ2v) is 8.08. The molecule has 0 aliphatic heterocycles. The molecule has 0 aliphatic carbocycles. The molecule has 2 aromatic carbocycles. The largest absolute Gasteiger partial charge is 0.323 e. The zero-order chi connectivity index (χ0) is 21.8. The highest BCUT2D eigenvalue weighted by Crippen LogP contribution is 2.34. The third kappa shape index (κ3) is 4.95. The van der Waals surface area contributed by atoms with E-state index in [1.165, 1.54) is 36.3 Å². The van der Waals surface area contributed by atoms with E-state index in [9.17, 15) is 9.18 Å². The summed E-state index contributed by atoms with van der Waals surface area (Å²) in [7, 11) is 0. The van der Waals surface area contributed by atoms with Gasteiger partial charge in [0.25, 0.3) is 5.78 Å². The van der Waals surface area contributed by atoms with E-state index in [1.807, 2.05) is 24.3 Å². The van der Waals surface area contributed by atoms with Crippen LogP contribution in [-0.2, 0) is 6.42 Å². The number of amides is 2. The van der Waals surface area contributed by atoms with Gasteiger partial charge in [0.05, 0.1) is 10.7 Å². The normalized spacial score (nSPS) is 10.9. The summed E-state index contributed by atoms with van der Waals surface area (Å²) >= 11 is 7.23. The van der Waals surface area contributed by atoms with Crippen LogP contribution in [-0.4, -0.2) is 25.6 Å². The summed E-state index contributed by atoms with van der Waals surface area (Å²) in [5.74, 6) is -0.0154. The van der Waals surface area contributed by atoms with E-state index in [0.29, 0.717) is 17.2 Å². The van der Waals surface area contributed by atoms with Gasteiger partial charge in [-0.1, -0.05) is 48.8 Å². The first kappa shape index (κ1) is 21.1. The minimum atomic E-state index is -0.548.